The second kappa shape index (κ2) is 5.10. The van der Waals surface area contributed by atoms with Crippen LogP contribution in [0.25, 0.3) is 0 Å². The molecule has 0 heterocycles. The van der Waals surface area contributed by atoms with Crippen LogP contribution < -0.4 is 9.47 Å². The summed E-state index contributed by atoms with van der Waals surface area (Å²) >= 11 is 3.23. The summed E-state index contributed by atoms with van der Waals surface area (Å²) in [6.07, 6.45) is 0. The van der Waals surface area contributed by atoms with Crippen molar-refractivity contribution in [3.05, 3.63) is 46.9 Å². The fourth-order valence-electron chi connectivity index (χ4n) is 1.33. The van der Waals surface area contributed by atoms with E-state index in [4.69, 9.17) is 9.47 Å². The summed E-state index contributed by atoms with van der Waals surface area (Å²) < 4.78 is 11.3. The van der Waals surface area contributed by atoms with Gasteiger partial charge in [-0.05, 0) is 58.4 Å². The highest BCUT2D eigenvalue weighted by atomic mass is 79.9. The van der Waals surface area contributed by atoms with Gasteiger partial charge in [0.05, 0.1) is 11.6 Å². The molecule has 4 heteroatoms. The third-order valence-electron chi connectivity index (χ3n) is 2.21. The zero-order valence-corrected chi connectivity index (χ0v) is 10.8. The number of phenolic OH excluding ortho intramolecular Hbond substituents is 1. The maximum atomic E-state index is 9.36. The third-order valence-corrected chi connectivity index (χ3v) is 2.85. The van der Waals surface area contributed by atoms with Gasteiger partial charge in [-0.25, -0.2) is 0 Å². The van der Waals surface area contributed by atoms with Crippen LogP contribution in [-0.4, -0.2) is 12.2 Å². The van der Waals surface area contributed by atoms with Gasteiger partial charge in [0.15, 0.2) is 0 Å². The van der Waals surface area contributed by atoms with E-state index in [1.165, 1.54) is 0 Å². The minimum atomic E-state index is 0.187. The molecule has 0 atom stereocenters. The highest BCUT2D eigenvalue weighted by Gasteiger charge is 2.02. The largest absolute Gasteiger partial charge is 0.507 e. The minimum Gasteiger partial charge on any atom is -0.507 e. The Kier molecular flexibility index (Phi) is 3.54. The van der Waals surface area contributed by atoms with Crippen molar-refractivity contribution in [1.29, 1.82) is 0 Å². The Morgan fingerprint density at radius 3 is 2.12 bits per heavy atom. The standard InChI is InChI=1S/C13H11BrO3/c1-16-9-2-4-10(5-3-9)17-11-6-7-13(15)12(14)8-11/h2-8,15H,1H3. The van der Waals surface area contributed by atoms with Crippen molar-refractivity contribution >= 4 is 15.9 Å². The van der Waals surface area contributed by atoms with Crippen molar-refractivity contribution in [1.82, 2.24) is 0 Å². The van der Waals surface area contributed by atoms with Crippen LogP contribution in [0.2, 0.25) is 0 Å². The van der Waals surface area contributed by atoms with Gasteiger partial charge in [-0.3, -0.25) is 0 Å². The summed E-state index contributed by atoms with van der Waals surface area (Å²) in [4.78, 5) is 0. The zero-order valence-electron chi connectivity index (χ0n) is 9.18. The van der Waals surface area contributed by atoms with E-state index in [1.54, 1.807) is 25.3 Å². The second-order valence-electron chi connectivity index (χ2n) is 3.39. The number of phenols is 1. The van der Waals surface area contributed by atoms with Gasteiger partial charge in [-0.2, -0.15) is 0 Å². The summed E-state index contributed by atoms with van der Waals surface area (Å²) in [5.74, 6) is 2.33. The first kappa shape index (κ1) is 11.8. The maximum Gasteiger partial charge on any atom is 0.130 e. The monoisotopic (exact) mass is 294 g/mol. The number of rotatable bonds is 3. The van der Waals surface area contributed by atoms with Crippen LogP contribution in [0.3, 0.4) is 0 Å². The van der Waals surface area contributed by atoms with Gasteiger partial charge >= 0.3 is 0 Å². The number of hydrogen-bond acceptors (Lipinski definition) is 3. The van der Waals surface area contributed by atoms with Gasteiger partial charge in [0.2, 0.25) is 0 Å². The fourth-order valence-corrected chi connectivity index (χ4v) is 1.69. The van der Waals surface area contributed by atoms with Gasteiger partial charge in [-0.1, -0.05) is 0 Å². The molecule has 0 bridgehead atoms. The molecule has 1 N–H and O–H groups in total. The molecule has 0 aliphatic heterocycles. The van der Waals surface area contributed by atoms with E-state index in [1.807, 2.05) is 24.3 Å². The molecule has 0 fully saturated rings. The molecular formula is C13H11BrO3. The number of methoxy groups -OCH3 is 1. The molecule has 0 aliphatic carbocycles. The summed E-state index contributed by atoms with van der Waals surface area (Å²) in [5.41, 5.74) is 0. The van der Waals surface area contributed by atoms with E-state index in [9.17, 15) is 5.11 Å². The Bertz CT molecular complexity index is 509. The molecule has 0 unspecified atom stereocenters. The Morgan fingerprint density at radius 2 is 1.53 bits per heavy atom. The molecule has 88 valence electrons. The number of hydrogen-bond donors (Lipinski definition) is 1. The summed E-state index contributed by atoms with van der Waals surface area (Å²) in [6.45, 7) is 0. The van der Waals surface area contributed by atoms with Gasteiger partial charge in [0.25, 0.3) is 0 Å². The predicted octanol–water partition coefficient (Wildman–Crippen LogP) is 3.96. The van der Waals surface area contributed by atoms with Crippen LogP contribution in [0.4, 0.5) is 0 Å². The number of aromatic hydroxyl groups is 1. The van der Waals surface area contributed by atoms with Crippen LogP contribution in [0.5, 0.6) is 23.0 Å². The smallest absolute Gasteiger partial charge is 0.130 e. The lowest BCUT2D eigenvalue weighted by Crippen LogP contribution is -1.85. The highest BCUT2D eigenvalue weighted by Crippen LogP contribution is 2.31. The molecule has 17 heavy (non-hydrogen) atoms. The number of ether oxygens (including phenoxy) is 2. The molecule has 2 aromatic rings. The van der Waals surface area contributed by atoms with Crippen LogP contribution >= 0.6 is 15.9 Å². The van der Waals surface area contributed by atoms with Crippen LogP contribution in [0.15, 0.2) is 46.9 Å². The third kappa shape index (κ3) is 2.91. The van der Waals surface area contributed by atoms with E-state index in [0.717, 1.165) is 5.75 Å². The molecule has 2 aromatic carbocycles. The van der Waals surface area contributed by atoms with Crippen LogP contribution in [0.1, 0.15) is 0 Å². The molecule has 0 amide bonds. The van der Waals surface area contributed by atoms with Crippen molar-refractivity contribution in [2.24, 2.45) is 0 Å². The lowest BCUT2D eigenvalue weighted by Gasteiger charge is -2.07. The van der Waals surface area contributed by atoms with Crippen molar-refractivity contribution in [3.8, 4) is 23.0 Å². The minimum absolute atomic E-state index is 0.187. The van der Waals surface area contributed by atoms with Crippen molar-refractivity contribution in [3.63, 3.8) is 0 Å². The maximum absolute atomic E-state index is 9.36. The predicted molar refractivity (Wildman–Crippen MR) is 68.9 cm³/mol. The first-order valence-electron chi connectivity index (χ1n) is 4.99. The molecule has 0 aromatic heterocycles. The Balaban J connectivity index is 2.16. The molecule has 0 radical (unpaired) electrons. The van der Waals surface area contributed by atoms with Gasteiger partial charge < -0.3 is 14.6 Å². The van der Waals surface area contributed by atoms with Crippen LogP contribution in [-0.2, 0) is 0 Å². The lowest BCUT2D eigenvalue weighted by molar-refractivity contribution is 0.412. The molecule has 3 nitrogen and oxygen atoms in total. The van der Waals surface area contributed by atoms with E-state index in [-0.39, 0.29) is 5.75 Å². The zero-order chi connectivity index (χ0) is 12.3. The van der Waals surface area contributed by atoms with E-state index < -0.39 is 0 Å². The number of benzene rings is 2. The molecular weight excluding hydrogens is 284 g/mol. The molecule has 0 saturated heterocycles. The van der Waals surface area contributed by atoms with Gasteiger partial charge in [-0.15, -0.1) is 0 Å². The van der Waals surface area contributed by atoms with Crippen molar-refractivity contribution < 1.29 is 14.6 Å². The molecule has 0 aliphatic rings. The highest BCUT2D eigenvalue weighted by molar-refractivity contribution is 9.10. The summed E-state index contributed by atoms with van der Waals surface area (Å²) in [7, 11) is 1.62. The second-order valence-corrected chi connectivity index (χ2v) is 4.25. The SMILES string of the molecule is COc1ccc(Oc2ccc(O)c(Br)c2)cc1. The lowest BCUT2D eigenvalue weighted by atomic mass is 10.3. The van der Waals surface area contributed by atoms with E-state index in [2.05, 4.69) is 15.9 Å². The summed E-state index contributed by atoms with van der Waals surface area (Å²) in [5, 5.41) is 9.36. The normalized spacial score (nSPS) is 10.0. The van der Waals surface area contributed by atoms with Crippen molar-refractivity contribution in [2.75, 3.05) is 7.11 Å². The van der Waals surface area contributed by atoms with E-state index >= 15 is 0 Å². The average molecular weight is 295 g/mol. The molecule has 0 saturated carbocycles. The van der Waals surface area contributed by atoms with E-state index in [0.29, 0.717) is 16.0 Å². The van der Waals surface area contributed by atoms with Crippen molar-refractivity contribution in [2.45, 2.75) is 0 Å². The Hall–Kier alpha value is -1.68. The number of halogens is 1. The fraction of sp³-hybridized carbons (Fsp3) is 0.0769. The first-order chi connectivity index (χ1) is 8.19. The Morgan fingerprint density at radius 1 is 0.941 bits per heavy atom. The quantitative estimate of drug-likeness (QED) is 0.931. The summed E-state index contributed by atoms with van der Waals surface area (Å²) in [6, 6.07) is 12.3. The van der Waals surface area contributed by atoms with Crippen LogP contribution in [0, 0.1) is 0 Å². The Labute approximate surface area is 108 Å². The molecule has 2 rings (SSSR count). The molecule has 0 spiro atoms. The topological polar surface area (TPSA) is 38.7 Å². The first-order valence-corrected chi connectivity index (χ1v) is 5.79. The van der Waals surface area contributed by atoms with Gasteiger partial charge in [0.1, 0.15) is 23.0 Å². The average Bonchev–Trinajstić information content (AvgIpc) is 2.35. The van der Waals surface area contributed by atoms with Gasteiger partial charge in [0, 0.05) is 0 Å².